The highest BCUT2D eigenvalue weighted by Gasteiger charge is 2.24. The largest absolute Gasteiger partial charge is 0.311 e. The lowest BCUT2D eigenvalue weighted by molar-refractivity contribution is 0.388. The maximum Gasteiger partial charge on any atom is 0.00708 e. The summed E-state index contributed by atoms with van der Waals surface area (Å²) in [6.45, 7) is 6.88. The van der Waals surface area contributed by atoms with Crippen LogP contribution >= 0.6 is 0 Å². The van der Waals surface area contributed by atoms with Gasteiger partial charge in [-0.15, -0.1) is 0 Å². The van der Waals surface area contributed by atoms with E-state index < -0.39 is 0 Å². The van der Waals surface area contributed by atoms with Crippen molar-refractivity contribution in [2.45, 2.75) is 52.1 Å². The summed E-state index contributed by atoms with van der Waals surface area (Å²) in [7, 11) is 0. The van der Waals surface area contributed by atoms with Crippen molar-refractivity contribution < 1.29 is 0 Å². The van der Waals surface area contributed by atoms with Crippen molar-refractivity contribution in [1.82, 2.24) is 5.32 Å². The van der Waals surface area contributed by atoms with Gasteiger partial charge in [0.25, 0.3) is 0 Å². The van der Waals surface area contributed by atoms with Gasteiger partial charge in [-0.3, -0.25) is 0 Å². The molecule has 1 aliphatic rings. The maximum absolute atomic E-state index is 3.60. The predicted octanol–water partition coefficient (Wildman–Crippen LogP) is 2.17. The molecule has 0 amide bonds. The third-order valence-electron chi connectivity index (χ3n) is 2.57. The van der Waals surface area contributed by atoms with Crippen molar-refractivity contribution in [3.63, 3.8) is 0 Å². The van der Waals surface area contributed by atoms with E-state index in [4.69, 9.17) is 0 Å². The van der Waals surface area contributed by atoms with E-state index in [0.29, 0.717) is 0 Å². The molecule has 1 saturated carbocycles. The lowest BCUT2D eigenvalue weighted by Gasteiger charge is -2.19. The van der Waals surface area contributed by atoms with E-state index in [2.05, 4.69) is 26.1 Å². The highest BCUT2D eigenvalue weighted by atomic mass is 15.0. The quantitative estimate of drug-likeness (QED) is 0.632. The first-order valence-corrected chi connectivity index (χ1v) is 4.50. The molecule has 0 radical (unpaired) electrons. The number of rotatable bonds is 4. The molecule has 2 atom stereocenters. The molecule has 0 bridgehead atoms. The van der Waals surface area contributed by atoms with Crippen LogP contribution in [0.4, 0.5) is 0 Å². The van der Waals surface area contributed by atoms with E-state index in [1.807, 2.05) is 0 Å². The van der Waals surface area contributed by atoms with Gasteiger partial charge in [-0.05, 0) is 25.7 Å². The average Bonchev–Trinajstić information content (AvgIpc) is 2.70. The smallest absolute Gasteiger partial charge is 0.00708 e. The summed E-state index contributed by atoms with van der Waals surface area (Å²) in [6, 6.07) is 1.58. The fourth-order valence-electron chi connectivity index (χ4n) is 1.14. The highest BCUT2D eigenvalue weighted by Crippen LogP contribution is 2.21. The number of hydrogen-bond acceptors (Lipinski definition) is 1. The predicted molar refractivity (Wildman–Crippen MR) is 45.1 cm³/mol. The zero-order chi connectivity index (χ0) is 7.56. The zero-order valence-corrected chi connectivity index (χ0v) is 7.35. The molecule has 0 spiro atoms. The van der Waals surface area contributed by atoms with Gasteiger partial charge >= 0.3 is 0 Å². The highest BCUT2D eigenvalue weighted by molar-refractivity contribution is 4.84. The van der Waals surface area contributed by atoms with Gasteiger partial charge in [0.05, 0.1) is 0 Å². The van der Waals surface area contributed by atoms with Crippen LogP contribution in [0.25, 0.3) is 0 Å². The van der Waals surface area contributed by atoms with Crippen molar-refractivity contribution in [2.75, 3.05) is 0 Å². The molecule has 0 heterocycles. The van der Waals surface area contributed by atoms with Gasteiger partial charge in [0.2, 0.25) is 0 Å². The molecule has 1 rings (SSSR count). The van der Waals surface area contributed by atoms with Crippen molar-refractivity contribution in [1.29, 1.82) is 0 Å². The van der Waals surface area contributed by atoms with Crippen LogP contribution in [-0.4, -0.2) is 12.1 Å². The molecule has 0 saturated heterocycles. The van der Waals surface area contributed by atoms with Crippen molar-refractivity contribution in [3.05, 3.63) is 0 Å². The van der Waals surface area contributed by atoms with E-state index in [9.17, 15) is 0 Å². The summed E-state index contributed by atoms with van der Waals surface area (Å²) < 4.78 is 0. The van der Waals surface area contributed by atoms with E-state index in [0.717, 1.165) is 18.0 Å². The molecule has 0 aromatic heterocycles. The third-order valence-corrected chi connectivity index (χ3v) is 2.57. The minimum atomic E-state index is 0.720. The Morgan fingerprint density at radius 3 is 2.40 bits per heavy atom. The number of nitrogens with one attached hydrogen (secondary N) is 1. The second-order valence-corrected chi connectivity index (χ2v) is 3.62. The first kappa shape index (κ1) is 8.06. The lowest BCUT2D eigenvalue weighted by atomic mass is 10.0. The van der Waals surface area contributed by atoms with Gasteiger partial charge in [0.1, 0.15) is 0 Å². The van der Waals surface area contributed by atoms with Crippen LogP contribution in [0, 0.1) is 5.92 Å². The Morgan fingerprint density at radius 2 is 2.00 bits per heavy atom. The minimum Gasteiger partial charge on any atom is -0.311 e. The Morgan fingerprint density at radius 1 is 1.40 bits per heavy atom. The Balaban J connectivity index is 2.11. The van der Waals surface area contributed by atoms with Crippen molar-refractivity contribution in [2.24, 2.45) is 5.92 Å². The van der Waals surface area contributed by atoms with E-state index in [-0.39, 0.29) is 0 Å². The van der Waals surface area contributed by atoms with Crippen LogP contribution in [0.15, 0.2) is 0 Å². The Kier molecular flexibility index (Phi) is 2.72. The monoisotopic (exact) mass is 141 g/mol. The first-order valence-electron chi connectivity index (χ1n) is 4.50. The Labute approximate surface area is 64.2 Å². The molecule has 1 nitrogen and oxygen atoms in total. The van der Waals surface area contributed by atoms with E-state index >= 15 is 0 Å². The normalized spacial score (nSPS) is 24.3. The topological polar surface area (TPSA) is 12.0 Å². The third kappa shape index (κ3) is 2.30. The van der Waals surface area contributed by atoms with Crippen LogP contribution < -0.4 is 5.32 Å². The molecule has 1 aliphatic carbocycles. The Hall–Kier alpha value is -0.0400. The summed E-state index contributed by atoms with van der Waals surface area (Å²) in [5, 5.41) is 3.60. The van der Waals surface area contributed by atoms with Gasteiger partial charge in [-0.1, -0.05) is 20.3 Å². The summed E-state index contributed by atoms with van der Waals surface area (Å²) in [6.07, 6.45) is 4.10. The standard InChI is InChI=1S/C9H19N/c1-4-7(2)8(3)10-9-5-6-9/h7-10H,4-6H2,1-3H3/t7-,8-/m1/s1. The van der Waals surface area contributed by atoms with Crippen molar-refractivity contribution >= 4 is 0 Å². The van der Waals surface area contributed by atoms with E-state index in [1.54, 1.807) is 0 Å². The van der Waals surface area contributed by atoms with Gasteiger partial charge in [0.15, 0.2) is 0 Å². The molecular formula is C9H19N. The lowest BCUT2D eigenvalue weighted by Crippen LogP contribution is -2.33. The molecule has 0 aromatic rings. The average molecular weight is 141 g/mol. The molecule has 0 aliphatic heterocycles. The SMILES string of the molecule is CC[C@@H](C)[C@@H](C)NC1CC1. The molecular weight excluding hydrogens is 122 g/mol. The van der Waals surface area contributed by atoms with Crippen molar-refractivity contribution in [3.8, 4) is 0 Å². The molecule has 0 unspecified atom stereocenters. The second-order valence-electron chi connectivity index (χ2n) is 3.62. The molecule has 1 N–H and O–H groups in total. The summed E-state index contributed by atoms with van der Waals surface area (Å²) >= 11 is 0. The zero-order valence-electron chi connectivity index (χ0n) is 7.35. The minimum absolute atomic E-state index is 0.720. The Bertz CT molecular complexity index is 96.9. The van der Waals surface area contributed by atoms with Crippen LogP contribution in [0.1, 0.15) is 40.0 Å². The number of hydrogen-bond donors (Lipinski definition) is 1. The maximum atomic E-state index is 3.60. The van der Waals surface area contributed by atoms with E-state index in [1.165, 1.54) is 19.3 Å². The molecule has 1 fully saturated rings. The summed E-state index contributed by atoms with van der Waals surface area (Å²) in [4.78, 5) is 0. The fourth-order valence-corrected chi connectivity index (χ4v) is 1.14. The van der Waals surface area contributed by atoms with Crippen LogP contribution in [0.5, 0.6) is 0 Å². The second kappa shape index (κ2) is 3.38. The van der Waals surface area contributed by atoms with Gasteiger partial charge in [-0.25, -0.2) is 0 Å². The summed E-state index contributed by atoms with van der Waals surface area (Å²) in [5.74, 6) is 0.834. The van der Waals surface area contributed by atoms with Gasteiger partial charge < -0.3 is 5.32 Å². The van der Waals surface area contributed by atoms with Gasteiger partial charge in [0, 0.05) is 12.1 Å². The molecule has 0 aromatic carbocycles. The molecule has 60 valence electrons. The molecule has 1 heteroatoms. The first-order chi connectivity index (χ1) is 4.74. The van der Waals surface area contributed by atoms with Crippen LogP contribution in [-0.2, 0) is 0 Å². The summed E-state index contributed by atoms with van der Waals surface area (Å²) in [5.41, 5.74) is 0. The van der Waals surface area contributed by atoms with Crippen LogP contribution in [0.2, 0.25) is 0 Å². The fraction of sp³-hybridized carbons (Fsp3) is 1.00. The molecule has 10 heavy (non-hydrogen) atoms. The van der Waals surface area contributed by atoms with Crippen LogP contribution in [0.3, 0.4) is 0 Å². The van der Waals surface area contributed by atoms with Gasteiger partial charge in [-0.2, -0.15) is 0 Å².